The maximum atomic E-state index is 8.93. The summed E-state index contributed by atoms with van der Waals surface area (Å²) in [6, 6.07) is 0. The van der Waals surface area contributed by atoms with Crippen LogP contribution in [0.1, 0.15) is 20.3 Å². The monoisotopic (exact) mass is 127 g/mol. The Morgan fingerprint density at radius 3 is 2.56 bits per heavy atom. The van der Waals surface area contributed by atoms with Gasteiger partial charge in [-0.15, -0.1) is 0 Å². The van der Waals surface area contributed by atoms with Gasteiger partial charge < -0.3 is 10.8 Å². The molecule has 0 amide bonds. The third kappa shape index (κ3) is 3.64. The molecule has 0 aliphatic rings. The molecule has 0 aliphatic heterocycles. The van der Waals surface area contributed by atoms with Gasteiger partial charge in [0, 0.05) is 5.70 Å². The van der Waals surface area contributed by atoms with Crippen molar-refractivity contribution in [2.75, 3.05) is 0 Å². The Morgan fingerprint density at radius 2 is 2.22 bits per heavy atom. The fourth-order valence-corrected chi connectivity index (χ4v) is 0.361. The van der Waals surface area contributed by atoms with Crippen LogP contribution >= 0.6 is 0 Å². The lowest BCUT2D eigenvalue weighted by molar-refractivity contribution is 0.424. The van der Waals surface area contributed by atoms with E-state index in [1.807, 2.05) is 13.0 Å². The van der Waals surface area contributed by atoms with Crippen LogP contribution in [0.25, 0.3) is 0 Å². The SMILES string of the molecule is CC/C=C\C(O)=C(/C)N. The summed E-state index contributed by atoms with van der Waals surface area (Å²) in [5.41, 5.74) is 5.71. The summed E-state index contributed by atoms with van der Waals surface area (Å²) in [5, 5.41) is 8.93. The van der Waals surface area contributed by atoms with E-state index in [1.165, 1.54) is 0 Å². The molecule has 0 aliphatic carbocycles. The fourth-order valence-electron chi connectivity index (χ4n) is 0.361. The van der Waals surface area contributed by atoms with Crippen molar-refractivity contribution in [2.24, 2.45) is 5.73 Å². The summed E-state index contributed by atoms with van der Waals surface area (Å²) in [4.78, 5) is 0. The van der Waals surface area contributed by atoms with Gasteiger partial charge in [0.25, 0.3) is 0 Å². The molecule has 2 nitrogen and oxygen atoms in total. The summed E-state index contributed by atoms with van der Waals surface area (Å²) >= 11 is 0. The quantitative estimate of drug-likeness (QED) is 0.438. The maximum absolute atomic E-state index is 8.93. The predicted molar refractivity (Wildman–Crippen MR) is 38.9 cm³/mol. The van der Waals surface area contributed by atoms with Gasteiger partial charge in [-0.05, 0) is 19.4 Å². The van der Waals surface area contributed by atoms with Crippen molar-refractivity contribution >= 4 is 0 Å². The van der Waals surface area contributed by atoms with Crippen molar-refractivity contribution in [3.05, 3.63) is 23.6 Å². The van der Waals surface area contributed by atoms with Crippen LogP contribution in [-0.4, -0.2) is 5.11 Å². The lowest BCUT2D eigenvalue weighted by atomic mass is 10.3. The summed E-state index contributed by atoms with van der Waals surface area (Å²) < 4.78 is 0. The van der Waals surface area contributed by atoms with Gasteiger partial charge in [0.1, 0.15) is 5.76 Å². The molecule has 0 atom stereocenters. The molecule has 52 valence electrons. The van der Waals surface area contributed by atoms with Crippen LogP contribution in [-0.2, 0) is 0 Å². The molecule has 0 aromatic carbocycles. The highest BCUT2D eigenvalue weighted by atomic mass is 16.3. The minimum atomic E-state index is 0.164. The highest BCUT2D eigenvalue weighted by Crippen LogP contribution is 1.95. The highest BCUT2D eigenvalue weighted by molar-refractivity contribution is 5.14. The van der Waals surface area contributed by atoms with E-state index in [4.69, 9.17) is 10.8 Å². The van der Waals surface area contributed by atoms with Gasteiger partial charge in [0.2, 0.25) is 0 Å². The third-order valence-electron chi connectivity index (χ3n) is 0.915. The van der Waals surface area contributed by atoms with E-state index in [0.29, 0.717) is 5.70 Å². The van der Waals surface area contributed by atoms with Gasteiger partial charge in [0.15, 0.2) is 0 Å². The van der Waals surface area contributed by atoms with E-state index in [0.717, 1.165) is 6.42 Å². The Balaban J connectivity index is 3.91. The second-order valence-corrected chi connectivity index (χ2v) is 1.88. The Morgan fingerprint density at radius 1 is 1.67 bits per heavy atom. The van der Waals surface area contributed by atoms with Crippen molar-refractivity contribution in [1.29, 1.82) is 0 Å². The van der Waals surface area contributed by atoms with Gasteiger partial charge in [-0.2, -0.15) is 0 Å². The zero-order chi connectivity index (χ0) is 7.28. The first kappa shape index (κ1) is 8.08. The average Bonchev–Trinajstić information content (AvgIpc) is 1.82. The van der Waals surface area contributed by atoms with Crippen molar-refractivity contribution in [1.82, 2.24) is 0 Å². The second kappa shape index (κ2) is 4.01. The van der Waals surface area contributed by atoms with Gasteiger partial charge in [0.05, 0.1) is 0 Å². The molecule has 0 bridgehead atoms. The second-order valence-electron chi connectivity index (χ2n) is 1.88. The summed E-state index contributed by atoms with van der Waals surface area (Å²) in [7, 11) is 0. The van der Waals surface area contributed by atoms with Crippen LogP contribution in [0.2, 0.25) is 0 Å². The van der Waals surface area contributed by atoms with Gasteiger partial charge in [-0.3, -0.25) is 0 Å². The fraction of sp³-hybridized carbons (Fsp3) is 0.429. The van der Waals surface area contributed by atoms with Crippen LogP contribution in [0.15, 0.2) is 23.6 Å². The molecule has 2 heteroatoms. The number of hydrogen-bond acceptors (Lipinski definition) is 2. The van der Waals surface area contributed by atoms with Crippen molar-refractivity contribution < 1.29 is 5.11 Å². The Hall–Kier alpha value is -0.920. The van der Waals surface area contributed by atoms with Crippen LogP contribution in [0.3, 0.4) is 0 Å². The third-order valence-corrected chi connectivity index (χ3v) is 0.915. The van der Waals surface area contributed by atoms with Crippen LogP contribution in [0.4, 0.5) is 0 Å². The molecule has 3 N–H and O–H groups in total. The van der Waals surface area contributed by atoms with Crippen LogP contribution < -0.4 is 5.73 Å². The molecule has 0 saturated carbocycles. The van der Waals surface area contributed by atoms with Crippen LogP contribution in [0.5, 0.6) is 0 Å². The zero-order valence-electron chi connectivity index (χ0n) is 5.89. The van der Waals surface area contributed by atoms with Crippen LogP contribution in [0, 0.1) is 0 Å². The summed E-state index contributed by atoms with van der Waals surface area (Å²) in [6.07, 6.45) is 4.37. The first-order valence-corrected chi connectivity index (χ1v) is 3.00. The smallest absolute Gasteiger partial charge is 0.133 e. The molecular formula is C7H13NO. The molecule has 0 heterocycles. The summed E-state index contributed by atoms with van der Waals surface area (Å²) in [5.74, 6) is 0.164. The van der Waals surface area contributed by atoms with E-state index >= 15 is 0 Å². The number of rotatable bonds is 2. The lowest BCUT2D eigenvalue weighted by Gasteiger charge is -1.92. The minimum absolute atomic E-state index is 0.164. The predicted octanol–water partition coefficient (Wildman–Crippen LogP) is 1.70. The molecule has 0 aromatic heterocycles. The number of allylic oxidation sites excluding steroid dienone is 3. The van der Waals surface area contributed by atoms with Gasteiger partial charge in [-0.25, -0.2) is 0 Å². The minimum Gasteiger partial charge on any atom is -0.506 e. The molecule has 0 spiro atoms. The molecule has 0 radical (unpaired) electrons. The first-order valence-electron chi connectivity index (χ1n) is 3.00. The topological polar surface area (TPSA) is 46.2 Å². The van der Waals surface area contributed by atoms with Gasteiger partial charge >= 0.3 is 0 Å². The number of aliphatic hydroxyl groups excluding tert-OH is 1. The van der Waals surface area contributed by atoms with E-state index in [-0.39, 0.29) is 5.76 Å². The van der Waals surface area contributed by atoms with E-state index in [2.05, 4.69) is 0 Å². The summed E-state index contributed by atoms with van der Waals surface area (Å²) in [6.45, 7) is 3.66. The lowest BCUT2D eigenvalue weighted by Crippen LogP contribution is -1.94. The van der Waals surface area contributed by atoms with E-state index in [9.17, 15) is 0 Å². The number of hydrogen-bond donors (Lipinski definition) is 2. The molecular weight excluding hydrogens is 114 g/mol. The first-order chi connectivity index (χ1) is 4.18. The van der Waals surface area contributed by atoms with Crippen molar-refractivity contribution in [3.63, 3.8) is 0 Å². The largest absolute Gasteiger partial charge is 0.506 e. The average molecular weight is 127 g/mol. The number of nitrogens with two attached hydrogens (primary N) is 1. The molecule has 0 rings (SSSR count). The molecule has 0 saturated heterocycles. The molecule has 0 fully saturated rings. The van der Waals surface area contributed by atoms with Crippen molar-refractivity contribution in [2.45, 2.75) is 20.3 Å². The Kier molecular flexibility index (Phi) is 3.60. The number of aliphatic hydroxyl groups is 1. The van der Waals surface area contributed by atoms with Crippen molar-refractivity contribution in [3.8, 4) is 0 Å². The molecule has 9 heavy (non-hydrogen) atoms. The van der Waals surface area contributed by atoms with E-state index < -0.39 is 0 Å². The Bertz CT molecular complexity index is 132. The van der Waals surface area contributed by atoms with E-state index in [1.54, 1.807) is 13.0 Å². The Labute approximate surface area is 55.7 Å². The zero-order valence-corrected chi connectivity index (χ0v) is 5.89. The highest BCUT2D eigenvalue weighted by Gasteiger charge is 1.85. The van der Waals surface area contributed by atoms with Gasteiger partial charge in [-0.1, -0.05) is 13.0 Å². The standard InChI is InChI=1S/C7H13NO/c1-3-4-5-7(9)6(2)8/h4-5,9H,3,8H2,1-2H3/b5-4-,7-6-. The normalized spacial score (nSPS) is 14.0. The molecule has 0 aromatic rings. The maximum Gasteiger partial charge on any atom is 0.133 e. The molecule has 0 unspecified atom stereocenters.